The third-order valence-corrected chi connectivity index (χ3v) is 7.02. The van der Waals surface area contributed by atoms with Gasteiger partial charge in [-0.05, 0) is 62.2 Å². The molecule has 1 aromatic heterocycles. The van der Waals surface area contributed by atoms with Crippen LogP contribution >= 0.6 is 0 Å². The molecule has 0 aliphatic carbocycles. The van der Waals surface area contributed by atoms with Gasteiger partial charge in [-0.3, -0.25) is 9.36 Å². The lowest BCUT2D eigenvalue weighted by molar-refractivity contribution is 0.484. The molecule has 33 heavy (non-hydrogen) atoms. The molecule has 0 spiro atoms. The molecule has 6 nitrogen and oxygen atoms in total. The summed E-state index contributed by atoms with van der Waals surface area (Å²) >= 11 is 0. The van der Waals surface area contributed by atoms with E-state index in [1.807, 2.05) is 32.0 Å². The maximum Gasteiger partial charge on any atom is 0.266 e. The molecule has 0 aliphatic rings. The fourth-order valence-electron chi connectivity index (χ4n) is 3.88. The van der Waals surface area contributed by atoms with Gasteiger partial charge in [0.2, 0.25) is 10.0 Å². The summed E-state index contributed by atoms with van der Waals surface area (Å²) in [4.78, 5) is 18.1. The van der Waals surface area contributed by atoms with E-state index in [1.54, 1.807) is 31.2 Å². The number of nitrogens with one attached hydrogen (secondary N) is 1. The number of hydrogen-bond acceptors (Lipinski definition) is 4. The molecule has 0 aliphatic heterocycles. The van der Waals surface area contributed by atoms with E-state index in [9.17, 15) is 17.6 Å². The Hall–Kier alpha value is -3.36. The summed E-state index contributed by atoms with van der Waals surface area (Å²) < 4.78 is 43.2. The number of aryl methyl sites for hydroxylation is 2. The molecule has 4 rings (SSSR count). The van der Waals surface area contributed by atoms with Crippen LogP contribution in [-0.2, 0) is 16.7 Å². The first-order chi connectivity index (χ1) is 15.7. The van der Waals surface area contributed by atoms with Gasteiger partial charge in [0.25, 0.3) is 5.56 Å². The number of halogens is 1. The molecule has 0 radical (unpaired) electrons. The number of rotatable bonds is 6. The van der Waals surface area contributed by atoms with Gasteiger partial charge in [0.15, 0.2) is 0 Å². The molecule has 0 amide bonds. The number of alkyl halides is 1. The number of benzene rings is 3. The second kappa shape index (κ2) is 8.88. The van der Waals surface area contributed by atoms with Gasteiger partial charge < -0.3 is 0 Å². The number of sulfonamides is 1. The van der Waals surface area contributed by atoms with Crippen molar-refractivity contribution in [2.24, 2.45) is 0 Å². The second-order valence-corrected chi connectivity index (χ2v) is 9.76. The van der Waals surface area contributed by atoms with Gasteiger partial charge in [-0.25, -0.2) is 22.5 Å². The quantitative estimate of drug-likeness (QED) is 0.454. The Morgan fingerprint density at radius 2 is 1.79 bits per heavy atom. The summed E-state index contributed by atoms with van der Waals surface area (Å²) in [6.07, 6.45) is 0. The van der Waals surface area contributed by atoms with Crippen LogP contribution in [0.4, 0.5) is 4.39 Å². The SMILES string of the molecule is Cc1ccc(-n2c(C(C)NS(=O)(=O)c3cccc(CF)c3)nc3ccccc3c2=O)c(C)c1. The Kier molecular flexibility index (Phi) is 6.14. The third kappa shape index (κ3) is 4.44. The Labute approximate surface area is 191 Å². The molecule has 1 heterocycles. The lowest BCUT2D eigenvalue weighted by atomic mass is 10.1. The van der Waals surface area contributed by atoms with E-state index < -0.39 is 22.7 Å². The molecule has 170 valence electrons. The zero-order valence-corrected chi connectivity index (χ0v) is 19.4. The first-order valence-electron chi connectivity index (χ1n) is 10.5. The predicted octanol–water partition coefficient (Wildman–Crippen LogP) is 4.51. The van der Waals surface area contributed by atoms with Crippen molar-refractivity contribution in [2.75, 3.05) is 0 Å². The second-order valence-electron chi connectivity index (χ2n) is 8.04. The van der Waals surface area contributed by atoms with Crippen LogP contribution < -0.4 is 10.3 Å². The number of nitrogens with zero attached hydrogens (tertiary/aromatic N) is 2. The maximum atomic E-state index is 13.5. The molecule has 0 saturated heterocycles. The summed E-state index contributed by atoms with van der Waals surface area (Å²) in [7, 11) is -3.99. The molecule has 1 N–H and O–H groups in total. The van der Waals surface area contributed by atoms with Crippen molar-refractivity contribution < 1.29 is 12.8 Å². The maximum absolute atomic E-state index is 13.5. The van der Waals surface area contributed by atoms with Crippen molar-refractivity contribution in [3.05, 3.63) is 99.6 Å². The van der Waals surface area contributed by atoms with Crippen LogP contribution in [0.1, 0.15) is 35.5 Å². The molecular formula is C25H24FN3O3S. The highest BCUT2D eigenvalue weighted by Gasteiger charge is 2.24. The smallest absolute Gasteiger partial charge is 0.266 e. The van der Waals surface area contributed by atoms with Crippen LogP contribution in [0, 0.1) is 13.8 Å². The van der Waals surface area contributed by atoms with Gasteiger partial charge in [0.05, 0.1) is 27.5 Å². The number of para-hydroxylation sites is 1. The van der Waals surface area contributed by atoms with Crippen LogP contribution in [0.2, 0.25) is 0 Å². The monoisotopic (exact) mass is 465 g/mol. The minimum absolute atomic E-state index is 0.0503. The van der Waals surface area contributed by atoms with E-state index in [2.05, 4.69) is 9.71 Å². The van der Waals surface area contributed by atoms with E-state index in [0.717, 1.165) is 11.1 Å². The highest BCUT2D eigenvalue weighted by molar-refractivity contribution is 7.89. The van der Waals surface area contributed by atoms with Gasteiger partial charge >= 0.3 is 0 Å². The zero-order chi connectivity index (χ0) is 23.8. The van der Waals surface area contributed by atoms with Crippen molar-refractivity contribution in [1.82, 2.24) is 14.3 Å². The Morgan fingerprint density at radius 1 is 1.03 bits per heavy atom. The molecule has 3 aromatic carbocycles. The minimum atomic E-state index is -3.99. The van der Waals surface area contributed by atoms with Crippen molar-refractivity contribution in [3.8, 4) is 5.69 Å². The lowest BCUT2D eigenvalue weighted by Crippen LogP contribution is -2.33. The van der Waals surface area contributed by atoms with Crippen molar-refractivity contribution in [1.29, 1.82) is 0 Å². The fraction of sp³-hybridized carbons (Fsp3) is 0.200. The predicted molar refractivity (Wildman–Crippen MR) is 127 cm³/mol. The van der Waals surface area contributed by atoms with E-state index >= 15 is 0 Å². The van der Waals surface area contributed by atoms with Crippen molar-refractivity contribution in [2.45, 2.75) is 38.4 Å². The molecule has 1 atom stereocenters. The van der Waals surface area contributed by atoms with Crippen molar-refractivity contribution >= 4 is 20.9 Å². The number of fused-ring (bicyclic) bond motifs is 1. The number of aromatic nitrogens is 2. The molecule has 4 aromatic rings. The highest BCUT2D eigenvalue weighted by atomic mass is 32.2. The largest absolute Gasteiger partial charge is 0.268 e. The van der Waals surface area contributed by atoms with Gasteiger partial charge in [-0.2, -0.15) is 0 Å². The van der Waals surface area contributed by atoms with Gasteiger partial charge in [0, 0.05) is 0 Å². The van der Waals surface area contributed by atoms with E-state index in [0.29, 0.717) is 16.6 Å². The standard InChI is InChI=1S/C25H24FN3O3S/c1-16-11-12-23(17(2)13-16)29-24(27-22-10-5-4-9-21(22)25(29)30)18(3)28-33(31,32)20-8-6-7-19(14-20)15-26/h4-14,18,28H,15H2,1-3H3. The summed E-state index contributed by atoms with van der Waals surface area (Å²) in [6.45, 7) is 4.72. The topological polar surface area (TPSA) is 81.1 Å². The normalized spacial score (nSPS) is 12.7. The minimum Gasteiger partial charge on any atom is -0.268 e. The molecule has 8 heteroatoms. The fourth-order valence-corrected chi connectivity index (χ4v) is 5.15. The molecule has 0 saturated carbocycles. The lowest BCUT2D eigenvalue weighted by Gasteiger charge is -2.21. The van der Waals surface area contributed by atoms with Crippen LogP contribution in [-0.4, -0.2) is 18.0 Å². The number of hydrogen-bond donors (Lipinski definition) is 1. The van der Waals surface area contributed by atoms with Gasteiger partial charge in [-0.15, -0.1) is 0 Å². The molecule has 0 fully saturated rings. The first-order valence-corrected chi connectivity index (χ1v) is 12.0. The Bertz CT molecular complexity index is 1510. The molecular weight excluding hydrogens is 441 g/mol. The average molecular weight is 466 g/mol. The summed E-state index contributed by atoms with van der Waals surface area (Å²) in [5.41, 5.74) is 2.99. The van der Waals surface area contributed by atoms with Crippen LogP contribution in [0.25, 0.3) is 16.6 Å². The van der Waals surface area contributed by atoms with E-state index in [-0.39, 0.29) is 21.8 Å². The first kappa shape index (κ1) is 22.8. The molecule has 0 bridgehead atoms. The van der Waals surface area contributed by atoms with Crippen LogP contribution in [0.15, 0.2) is 76.4 Å². The van der Waals surface area contributed by atoms with Crippen molar-refractivity contribution in [3.63, 3.8) is 0 Å². The Balaban J connectivity index is 1.88. The zero-order valence-electron chi connectivity index (χ0n) is 18.5. The third-order valence-electron chi connectivity index (χ3n) is 5.48. The summed E-state index contributed by atoms with van der Waals surface area (Å²) in [6, 6.07) is 17.5. The van der Waals surface area contributed by atoms with E-state index in [4.69, 9.17) is 0 Å². The van der Waals surface area contributed by atoms with Crippen LogP contribution in [0.5, 0.6) is 0 Å². The van der Waals surface area contributed by atoms with Crippen LogP contribution in [0.3, 0.4) is 0 Å². The van der Waals surface area contributed by atoms with E-state index in [1.165, 1.54) is 28.8 Å². The summed E-state index contributed by atoms with van der Waals surface area (Å²) in [5.74, 6) is 0.260. The average Bonchev–Trinajstić information content (AvgIpc) is 2.79. The van der Waals surface area contributed by atoms with Gasteiger partial charge in [0.1, 0.15) is 12.5 Å². The summed E-state index contributed by atoms with van der Waals surface area (Å²) in [5, 5.41) is 0.437. The van der Waals surface area contributed by atoms with Gasteiger partial charge in [-0.1, -0.05) is 42.0 Å². The molecule has 1 unspecified atom stereocenters. The highest BCUT2D eigenvalue weighted by Crippen LogP contribution is 2.23. The Morgan fingerprint density at radius 3 is 2.52 bits per heavy atom.